The standard InChI is InChI=1S/C15H33NO5S/c1-12(2)19-9-10-21-15(6)11-14(5)20-8-7-16-22(17,18)13(3)4/h12-16H,7-11H2,1-6H3. The van der Waals surface area contributed by atoms with E-state index in [1.807, 2.05) is 27.7 Å². The summed E-state index contributed by atoms with van der Waals surface area (Å²) >= 11 is 0. The monoisotopic (exact) mass is 339 g/mol. The van der Waals surface area contributed by atoms with Gasteiger partial charge in [0.2, 0.25) is 10.0 Å². The second-order valence-corrected chi connectivity index (χ2v) is 8.33. The topological polar surface area (TPSA) is 73.9 Å². The number of hydrogen-bond donors (Lipinski definition) is 1. The lowest BCUT2D eigenvalue weighted by Crippen LogP contribution is -2.34. The predicted octanol–water partition coefficient (Wildman–Crippen LogP) is 1.94. The van der Waals surface area contributed by atoms with Gasteiger partial charge in [0.05, 0.1) is 43.4 Å². The van der Waals surface area contributed by atoms with Crippen LogP contribution in [-0.2, 0) is 24.2 Å². The van der Waals surface area contributed by atoms with Crippen molar-refractivity contribution in [3.63, 3.8) is 0 Å². The molecule has 2 unspecified atom stereocenters. The molecule has 0 bridgehead atoms. The predicted molar refractivity (Wildman–Crippen MR) is 88.6 cm³/mol. The van der Waals surface area contributed by atoms with Crippen LogP contribution in [0.4, 0.5) is 0 Å². The van der Waals surface area contributed by atoms with Gasteiger partial charge in [0, 0.05) is 6.54 Å². The van der Waals surface area contributed by atoms with Crippen molar-refractivity contribution in [3.05, 3.63) is 0 Å². The summed E-state index contributed by atoms with van der Waals surface area (Å²) in [5.41, 5.74) is 0. The first-order valence-electron chi connectivity index (χ1n) is 7.98. The fourth-order valence-corrected chi connectivity index (χ4v) is 2.45. The highest BCUT2D eigenvalue weighted by molar-refractivity contribution is 7.90. The quantitative estimate of drug-likeness (QED) is 0.519. The third kappa shape index (κ3) is 11.4. The van der Waals surface area contributed by atoms with Crippen molar-refractivity contribution in [1.82, 2.24) is 4.72 Å². The highest BCUT2D eigenvalue weighted by Gasteiger charge is 2.15. The minimum absolute atomic E-state index is 0.0181. The summed E-state index contributed by atoms with van der Waals surface area (Å²) in [4.78, 5) is 0. The van der Waals surface area contributed by atoms with Crippen molar-refractivity contribution in [1.29, 1.82) is 0 Å². The van der Waals surface area contributed by atoms with Gasteiger partial charge >= 0.3 is 0 Å². The summed E-state index contributed by atoms with van der Waals surface area (Å²) < 4.78 is 42.3. The maximum Gasteiger partial charge on any atom is 0.214 e. The molecular weight excluding hydrogens is 306 g/mol. The highest BCUT2D eigenvalue weighted by Crippen LogP contribution is 2.06. The number of rotatable bonds is 13. The first-order chi connectivity index (χ1) is 10.1. The van der Waals surface area contributed by atoms with E-state index in [0.29, 0.717) is 26.4 Å². The van der Waals surface area contributed by atoms with Gasteiger partial charge in [0.15, 0.2) is 0 Å². The van der Waals surface area contributed by atoms with Gasteiger partial charge in [-0.1, -0.05) is 0 Å². The zero-order chi connectivity index (χ0) is 17.2. The molecule has 6 nitrogen and oxygen atoms in total. The maximum absolute atomic E-state index is 11.5. The van der Waals surface area contributed by atoms with Crippen molar-refractivity contribution in [2.75, 3.05) is 26.4 Å². The van der Waals surface area contributed by atoms with Crippen molar-refractivity contribution >= 4 is 10.0 Å². The van der Waals surface area contributed by atoms with Crippen LogP contribution in [0.25, 0.3) is 0 Å². The molecule has 0 rings (SSSR count). The van der Waals surface area contributed by atoms with Crippen LogP contribution >= 0.6 is 0 Å². The normalized spacial score (nSPS) is 15.5. The molecule has 0 radical (unpaired) electrons. The van der Waals surface area contributed by atoms with Crippen LogP contribution in [0.3, 0.4) is 0 Å². The van der Waals surface area contributed by atoms with Crippen LogP contribution < -0.4 is 4.72 Å². The Morgan fingerprint density at radius 3 is 1.82 bits per heavy atom. The fourth-order valence-electron chi connectivity index (χ4n) is 1.75. The average molecular weight is 339 g/mol. The molecule has 0 fully saturated rings. The lowest BCUT2D eigenvalue weighted by atomic mass is 10.2. The second-order valence-electron chi connectivity index (χ2n) is 6.01. The SMILES string of the molecule is CC(C)OCCOC(C)CC(C)OCCNS(=O)(=O)C(C)C. The van der Waals surface area contributed by atoms with Crippen molar-refractivity contribution in [2.45, 2.75) is 71.5 Å². The molecule has 0 amide bonds. The van der Waals surface area contributed by atoms with E-state index in [-0.39, 0.29) is 18.3 Å². The van der Waals surface area contributed by atoms with Gasteiger partial charge in [-0.15, -0.1) is 0 Å². The zero-order valence-corrected chi connectivity index (χ0v) is 15.6. The molecule has 0 aromatic rings. The minimum Gasteiger partial charge on any atom is -0.377 e. The van der Waals surface area contributed by atoms with Gasteiger partial charge in [-0.3, -0.25) is 0 Å². The highest BCUT2D eigenvalue weighted by atomic mass is 32.2. The van der Waals surface area contributed by atoms with Gasteiger partial charge in [-0.05, 0) is 48.0 Å². The Morgan fingerprint density at radius 2 is 1.32 bits per heavy atom. The van der Waals surface area contributed by atoms with Crippen LogP contribution in [0.2, 0.25) is 0 Å². The molecule has 0 aliphatic rings. The lowest BCUT2D eigenvalue weighted by molar-refractivity contribution is -0.0315. The van der Waals surface area contributed by atoms with Gasteiger partial charge in [-0.2, -0.15) is 0 Å². The van der Waals surface area contributed by atoms with E-state index < -0.39 is 15.3 Å². The largest absolute Gasteiger partial charge is 0.377 e. The Hall–Kier alpha value is -0.210. The first kappa shape index (κ1) is 21.8. The molecule has 0 saturated carbocycles. The number of nitrogens with one attached hydrogen (secondary N) is 1. The van der Waals surface area contributed by atoms with Gasteiger partial charge < -0.3 is 14.2 Å². The lowest BCUT2D eigenvalue weighted by Gasteiger charge is -2.19. The van der Waals surface area contributed by atoms with Crippen molar-refractivity contribution in [2.24, 2.45) is 0 Å². The molecule has 1 N–H and O–H groups in total. The van der Waals surface area contributed by atoms with Crippen LogP contribution in [0, 0.1) is 0 Å². The third-order valence-corrected chi connectivity index (χ3v) is 4.88. The van der Waals surface area contributed by atoms with E-state index in [9.17, 15) is 8.42 Å². The van der Waals surface area contributed by atoms with E-state index in [1.54, 1.807) is 13.8 Å². The summed E-state index contributed by atoms with van der Waals surface area (Å²) in [7, 11) is -3.21. The Kier molecular flexibility index (Phi) is 11.2. The summed E-state index contributed by atoms with van der Waals surface area (Å²) in [6.07, 6.45) is 1.08. The average Bonchev–Trinajstić information content (AvgIpc) is 2.39. The van der Waals surface area contributed by atoms with E-state index in [1.165, 1.54) is 0 Å². The van der Waals surface area contributed by atoms with Gasteiger partial charge in [-0.25, -0.2) is 13.1 Å². The summed E-state index contributed by atoms with van der Waals surface area (Å²) in [6, 6.07) is 0. The van der Waals surface area contributed by atoms with E-state index >= 15 is 0 Å². The minimum atomic E-state index is -3.21. The first-order valence-corrected chi connectivity index (χ1v) is 9.53. The number of hydrogen-bond acceptors (Lipinski definition) is 5. The molecule has 0 spiro atoms. The summed E-state index contributed by atoms with van der Waals surface area (Å²) in [6.45, 7) is 13.0. The van der Waals surface area contributed by atoms with Crippen LogP contribution in [0.1, 0.15) is 48.0 Å². The molecule has 0 saturated heterocycles. The molecular formula is C15H33NO5S. The molecule has 0 aromatic heterocycles. The Morgan fingerprint density at radius 1 is 0.818 bits per heavy atom. The van der Waals surface area contributed by atoms with Gasteiger partial charge in [0.1, 0.15) is 0 Å². The second kappa shape index (κ2) is 11.3. The van der Waals surface area contributed by atoms with Crippen LogP contribution in [0.15, 0.2) is 0 Å². The molecule has 134 valence electrons. The molecule has 7 heteroatoms. The van der Waals surface area contributed by atoms with E-state index in [0.717, 1.165) is 6.42 Å². The summed E-state index contributed by atoms with van der Waals surface area (Å²) in [5, 5.41) is -0.425. The molecule has 0 heterocycles. The fraction of sp³-hybridized carbons (Fsp3) is 1.00. The Bertz CT molecular complexity index is 370. The van der Waals surface area contributed by atoms with E-state index in [4.69, 9.17) is 14.2 Å². The molecule has 0 aliphatic heterocycles. The smallest absolute Gasteiger partial charge is 0.214 e. The number of ether oxygens (including phenoxy) is 3. The third-order valence-electron chi connectivity index (χ3n) is 3.03. The van der Waals surface area contributed by atoms with Crippen molar-refractivity contribution in [3.8, 4) is 0 Å². The molecule has 2 atom stereocenters. The van der Waals surface area contributed by atoms with Gasteiger partial charge in [0.25, 0.3) is 0 Å². The van der Waals surface area contributed by atoms with Crippen LogP contribution in [-0.4, -0.2) is 58.3 Å². The molecule has 0 aromatic carbocycles. The maximum atomic E-state index is 11.5. The Balaban J connectivity index is 3.70. The molecule has 0 aliphatic carbocycles. The summed E-state index contributed by atoms with van der Waals surface area (Å²) in [5.74, 6) is 0. The Labute approximate surface area is 135 Å². The zero-order valence-electron chi connectivity index (χ0n) is 14.8. The molecule has 22 heavy (non-hydrogen) atoms. The van der Waals surface area contributed by atoms with Crippen LogP contribution in [0.5, 0.6) is 0 Å². The number of sulfonamides is 1. The van der Waals surface area contributed by atoms with E-state index in [2.05, 4.69) is 4.72 Å². The van der Waals surface area contributed by atoms with Crippen molar-refractivity contribution < 1.29 is 22.6 Å².